The van der Waals surface area contributed by atoms with E-state index in [0.29, 0.717) is 28.0 Å². The van der Waals surface area contributed by atoms with E-state index in [1.807, 2.05) is 68.4 Å². The van der Waals surface area contributed by atoms with Crippen LogP contribution < -0.4 is 10.9 Å². The summed E-state index contributed by atoms with van der Waals surface area (Å²) in [6, 6.07) is 18.7. The first-order valence-electron chi connectivity index (χ1n) is 11.1. The number of nitrogens with one attached hydrogen (secondary N) is 2. The van der Waals surface area contributed by atoms with Crippen LogP contribution in [0, 0.1) is 13.8 Å². The number of aromatic amines is 1. The van der Waals surface area contributed by atoms with E-state index in [4.69, 9.17) is 4.52 Å². The molecule has 0 amide bonds. The maximum atomic E-state index is 13.3. The van der Waals surface area contributed by atoms with Gasteiger partial charge in [0.2, 0.25) is 0 Å². The van der Waals surface area contributed by atoms with Crippen molar-refractivity contribution in [2.75, 3.05) is 5.32 Å². The van der Waals surface area contributed by atoms with Gasteiger partial charge >= 0.3 is 0 Å². The van der Waals surface area contributed by atoms with Gasteiger partial charge in [-0.1, -0.05) is 47.6 Å². The van der Waals surface area contributed by atoms with Gasteiger partial charge in [0, 0.05) is 17.1 Å². The van der Waals surface area contributed by atoms with Crippen molar-refractivity contribution in [2.24, 2.45) is 0 Å². The van der Waals surface area contributed by atoms with Crippen molar-refractivity contribution in [1.29, 1.82) is 0 Å². The molecule has 3 aromatic heterocycles. The fourth-order valence-electron chi connectivity index (χ4n) is 4.11. The quantitative estimate of drug-likeness (QED) is 0.243. The Morgan fingerprint density at radius 3 is 2.60 bits per heavy atom. The number of pyridine rings is 2. The van der Waals surface area contributed by atoms with E-state index in [-0.39, 0.29) is 5.56 Å². The van der Waals surface area contributed by atoms with Crippen molar-refractivity contribution in [2.45, 2.75) is 13.8 Å². The normalized spacial score (nSPS) is 11.3. The molecule has 0 saturated carbocycles. The number of hydrogen-bond acceptors (Lipinski definition) is 6. The second-order valence-corrected chi connectivity index (χ2v) is 8.14. The number of nitrogens with zero attached hydrogens (tertiary/aromatic N) is 2. The molecule has 172 valence electrons. The first-order chi connectivity index (χ1) is 17.0. The van der Waals surface area contributed by atoms with E-state index in [1.54, 1.807) is 24.5 Å². The van der Waals surface area contributed by atoms with Gasteiger partial charge in [0.25, 0.3) is 5.56 Å². The molecule has 0 aliphatic rings. The molecule has 2 N–H and O–H groups in total. The SMILES string of the molecule is Cc1noc(C)c1-c1ccc2[nH]c(=O)c(C(=O)C=Cc3ccccc3)c(Nc3cccnc3)c2c1. The largest absolute Gasteiger partial charge is 0.361 e. The number of hydrogen-bond donors (Lipinski definition) is 2. The smallest absolute Gasteiger partial charge is 0.261 e. The van der Waals surface area contributed by atoms with Gasteiger partial charge in [0.05, 0.1) is 28.8 Å². The van der Waals surface area contributed by atoms with Crippen LogP contribution in [-0.2, 0) is 0 Å². The standard InChI is InChI=1S/C28H22N4O3/c1-17-25(18(2)35-32-17)20-11-12-23-22(15-20)27(30-21-9-6-14-29-16-21)26(28(34)31-23)24(33)13-10-19-7-4-3-5-8-19/h3-16H,1-2H3,(H2,30,31,34). The summed E-state index contributed by atoms with van der Waals surface area (Å²) in [4.78, 5) is 33.5. The van der Waals surface area contributed by atoms with Crippen molar-refractivity contribution < 1.29 is 9.32 Å². The van der Waals surface area contributed by atoms with Crippen molar-refractivity contribution in [3.63, 3.8) is 0 Å². The minimum Gasteiger partial charge on any atom is -0.361 e. The summed E-state index contributed by atoms with van der Waals surface area (Å²) in [5, 5.41) is 8.00. The third-order valence-corrected chi connectivity index (χ3v) is 5.74. The zero-order chi connectivity index (χ0) is 24.4. The molecule has 0 aliphatic carbocycles. The minimum absolute atomic E-state index is 0.0180. The Bertz CT molecular complexity index is 1600. The molecule has 0 bridgehead atoms. The van der Waals surface area contributed by atoms with Gasteiger partial charge in [-0.15, -0.1) is 0 Å². The number of aromatic nitrogens is 3. The maximum Gasteiger partial charge on any atom is 0.261 e. The van der Waals surface area contributed by atoms with Crippen LogP contribution in [0.2, 0.25) is 0 Å². The number of fused-ring (bicyclic) bond motifs is 1. The first-order valence-corrected chi connectivity index (χ1v) is 11.1. The maximum absolute atomic E-state index is 13.3. The molecule has 5 rings (SSSR count). The minimum atomic E-state index is -0.475. The second-order valence-electron chi connectivity index (χ2n) is 8.14. The Morgan fingerprint density at radius 2 is 1.89 bits per heavy atom. The van der Waals surface area contributed by atoms with Crippen LogP contribution in [-0.4, -0.2) is 20.9 Å². The Labute approximate surface area is 201 Å². The molecule has 3 heterocycles. The van der Waals surface area contributed by atoms with Gasteiger partial charge in [-0.2, -0.15) is 0 Å². The van der Waals surface area contributed by atoms with Gasteiger partial charge in [-0.05, 0) is 55.3 Å². The lowest BCUT2D eigenvalue weighted by Gasteiger charge is -2.14. The second kappa shape index (κ2) is 9.23. The van der Waals surface area contributed by atoms with Crippen molar-refractivity contribution in [1.82, 2.24) is 15.1 Å². The summed E-state index contributed by atoms with van der Waals surface area (Å²) in [6.45, 7) is 3.73. The zero-order valence-electron chi connectivity index (χ0n) is 19.2. The Morgan fingerprint density at radius 1 is 1.06 bits per heavy atom. The molecule has 7 nitrogen and oxygen atoms in total. The molecule has 0 saturated heterocycles. The lowest BCUT2D eigenvalue weighted by atomic mass is 9.98. The molecule has 0 unspecified atom stereocenters. The summed E-state index contributed by atoms with van der Waals surface area (Å²) >= 11 is 0. The number of carbonyl (C=O) groups is 1. The Kier molecular flexibility index (Phi) is 5.81. The van der Waals surface area contributed by atoms with Gasteiger partial charge in [-0.25, -0.2) is 0 Å². The van der Waals surface area contributed by atoms with Gasteiger partial charge in [-0.3, -0.25) is 14.6 Å². The van der Waals surface area contributed by atoms with E-state index in [0.717, 1.165) is 22.4 Å². The molecule has 0 atom stereocenters. The number of carbonyl (C=O) groups excluding carboxylic acids is 1. The average molecular weight is 463 g/mol. The number of rotatable bonds is 6. The number of ketones is 1. The van der Waals surface area contributed by atoms with E-state index in [2.05, 4.69) is 20.4 Å². The van der Waals surface area contributed by atoms with Gasteiger partial charge in [0.15, 0.2) is 5.78 Å². The Balaban J connectivity index is 1.71. The number of aryl methyl sites for hydroxylation is 2. The summed E-state index contributed by atoms with van der Waals surface area (Å²) in [6.07, 6.45) is 6.41. The molecule has 0 fully saturated rings. The molecule has 2 aromatic carbocycles. The third-order valence-electron chi connectivity index (χ3n) is 5.74. The Hall–Kier alpha value is -4.78. The lowest BCUT2D eigenvalue weighted by Crippen LogP contribution is -2.19. The van der Waals surface area contributed by atoms with Crippen LogP contribution >= 0.6 is 0 Å². The highest BCUT2D eigenvalue weighted by Gasteiger charge is 2.20. The number of anilines is 2. The molecule has 0 radical (unpaired) electrons. The molecule has 0 spiro atoms. The fraction of sp³-hybridized carbons (Fsp3) is 0.0714. The van der Waals surface area contributed by atoms with E-state index < -0.39 is 11.3 Å². The predicted molar refractivity (Wildman–Crippen MR) is 137 cm³/mol. The topological polar surface area (TPSA) is 101 Å². The molecule has 0 aliphatic heterocycles. The fourth-order valence-corrected chi connectivity index (χ4v) is 4.11. The molecule has 5 aromatic rings. The van der Waals surface area contributed by atoms with E-state index in [9.17, 15) is 9.59 Å². The molecular formula is C28H22N4O3. The van der Waals surface area contributed by atoms with Crippen LogP contribution in [0.5, 0.6) is 0 Å². The summed E-state index contributed by atoms with van der Waals surface area (Å²) in [7, 11) is 0. The summed E-state index contributed by atoms with van der Waals surface area (Å²) in [5.74, 6) is 0.279. The molecule has 7 heteroatoms. The van der Waals surface area contributed by atoms with E-state index in [1.165, 1.54) is 6.08 Å². The van der Waals surface area contributed by atoms with Crippen LogP contribution in [0.4, 0.5) is 11.4 Å². The van der Waals surface area contributed by atoms with Crippen molar-refractivity contribution >= 4 is 34.1 Å². The van der Waals surface area contributed by atoms with Crippen molar-refractivity contribution in [3.8, 4) is 11.1 Å². The van der Waals surface area contributed by atoms with Crippen LogP contribution in [0.3, 0.4) is 0 Å². The monoisotopic (exact) mass is 462 g/mol. The van der Waals surface area contributed by atoms with Crippen LogP contribution in [0.25, 0.3) is 28.1 Å². The average Bonchev–Trinajstić information content (AvgIpc) is 3.21. The highest BCUT2D eigenvalue weighted by molar-refractivity contribution is 6.15. The van der Waals surface area contributed by atoms with Gasteiger partial charge in [0.1, 0.15) is 11.3 Å². The first kappa shape index (κ1) is 22.0. The lowest BCUT2D eigenvalue weighted by molar-refractivity contribution is 0.104. The highest BCUT2D eigenvalue weighted by Crippen LogP contribution is 2.34. The van der Waals surface area contributed by atoms with Crippen LogP contribution in [0.15, 0.2) is 88.5 Å². The molecule has 35 heavy (non-hydrogen) atoms. The van der Waals surface area contributed by atoms with E-state index >= 15 is 0 Å². The predicted octanol–water partition coefficient (Wildman–Crippen LogP) is 5.83. The third kappa shape index (κ3) is 4.39. The number of allylic oxidation sites excluding steroid dienone is 1. The summed E-state index contributed by atoms with van der Waals surface area (Å²) < 4.78 is 5.35. The molecular weight excluding hydrogens is 440 g/mol. The summed E-state index contributed by atoms with van der Waals surface area (Å²) in [5.41, 5.74) is 4.57. The number of benzene rings is 2. The highest BCUT2D eigenvalue weighted by atomic mass is 16.5. The van der Waals surface area contributed by atoms with Crippen molar-refractivity contribution in [3.05, 3.63) is 112 Å². The zero-order valence-corrected chi connectivity index (χ0v) is 19.2. The van der Waals surface area contributed by atoms with Crippen LogP contribution in [0.1, 0.15) is 27.4 Å². The number of H-pyrrole nitrogens is 1. The van der Waals surface area contributed by atoms with Gasteiger partial charge < -0.3 is 14.8 Å².